The van der Waals surface area contributed by atoms with Crippen LogP contribution in [0, 0.1) is 5.92 Å². The second kappa shape index (κ2) is 6.90. The molecule has 0 aliphatic rings. The summed E-state index contributed by atoms with van der Waals surface area (Å²) in [5.74, 6) is 0.208. The van der Waals surface area contributed by atoms with Crippen molar-refractivity contribution in [2.45, 2.75) is 26.9 Å². The monoisotopic (exact) mass is 267 g/mol. The van der Waals surface area contributed by atoms with Crippen molar-refractivity contribution < 1.29 is 4.79 Å². The van der Waals surface area contributed by atoms with Gasteiger partial charge in [-0.1, -0.05) is 74.5 Å². The van der Waals surface area contributed by atoms with Crippen LogP contribution in [0.25, 0.3) is 0 Å². The maximum Gasteiger partial charge on any atom is 0.225 e. The number of carbonyl (C=O) groups is 1. The highest BCUT2D eigenvalue weighted by atomic mass is 16.2. The van der Waals surface area contributed by atoms with Gasteiger partial charge in [-0.2, -0.15) is 0 Å². The zero-order valence-electron chi connectivity index (χ0n) is 12.1. The van der Waals surface area contributed by atoms with Crippen LogP contribution in [0.3, 0.4) is 0 Å². The molecule has 20 heavy (non-hydrogen) atoms. The zero-order chi connectivity index (χ0) is 14.4. The van der Waals surface area contributed by atoms with Crippen molar-refractivity contribution in [3.8, 4) is 0 Å². The summed E-state index contributed by atoms with van der Waals surface area (Å²) in [6, 6.07) is 20.3. The van der Waals surface area contributed by atoms with Crippen molar-refractivity contribution in [3.05, 3.63) is 71.8 Å². The largest absolute Gasteiger partial charge is 0.334 e. The Balaban J connectivity index is 2.15. The SMILES string of the molecule is CC(C)C(=O)N(Cc1ccccc1)Cc1ccccc1. The molecule has 0 N–H and O–H groups in total. The Labute approximate surface area is 121 Å². The van der Waals surface area contributed by atoms with Gasteiger partial charge < -0.3 is 4.90 Å². The smallest absolute Gasteiger partial charge is 0.225 e. The molecule has 0 fully saturated rings. The van der Waals surface area contributed by atoms with E-state index in [2.05, 4.69) is 24.3 Å². The van der Waals surface area contributed by atoms with E-state index in [9.17, 15) is 4.79 Å². The van der Waals surface area contributed by atoms with Crippen LogP contribution in [0.4, 0.5) is 0 Å². The molecule has 0 aliphatic heterocycles. The lowest BCUT2D eigenvalue weighted by Gasteiger charge is -2.25. The third-order valence-corrected chi connectivity index (χ3v) is 3.24. The molecule has 2 aromatic rings. The number of amides is 1. The number of rotatable bonds is 5. The van der Waals surface area contributed by atoms with Gasteiger partial charge in [0.15, 0.2) is 0 Å². The van der Waals surface area contributed by atoms with Gasteiger partial charge in [0.1, 0.15) is 0 Å². The van der Waals surface area contributed by atoms with Gasteiger partial charge in [-0.05, 0) is 11.1 Å². The van der Waals surface area contributed by atoms with E-state index in [0.29, 0.717) is 13.1 Å². The Morgan fingerprint density at radius 2 is 1.25 bits per heavy atom. The molecule has 2 nitrogen and oxygen atoms in total. The van der Waals surface area contributed by atoms with Crippen LogP contribution in [-0.4, -0.2) is 10.8 Å². The number of carbonyl (C=O) groups excluding carboxylic acids is 1. The summed E-state index contributed by atoms with van der Waals surface area (Å²) < 4.78 is 0. The van der Waals surface area contributed by atoms with Crippen LogP contribution in [0.15, 0.2) is 60.7 Å². The van der Waals surface area contributed by atoms with E-state index in [1.54, 1.807) is 0 Å². The van der Waals surface area contributed by atoms with Gasteiger partial charge in [-0.25, -0.2) is 0 Å². The first-order valence-corrected chi connectivity index (χ1v) is 7.03. The molecule has 0 radical (unpaired) electrons. The lowest BCUT2D eigenvalue weighted by Crippen LogP contribution is -2.33. The topological polar surface area (TPSA) is 20.3 Å². The summed E-state index contributed by atoms with van der Waals surface area (Å²) in [7, 11) is 0. The molecular formula is C18H21NO. The van der Waals surface area contributed by atoms with E-state index in [0.717, 1.165) is 11.1 Å². The first-order valence-electron chi connectivity index (χ1n) is 7.03. The maximum absolute atomic E-state index is 12.4. The summed E-state index contributed by atoms with van der Waals surface area (Å²) in [5, 5.41) is 0. The molecule has 0 spiro atoms. The van der Waals surface area contributed by atoms with Crippen LogP contribution in [-0.2, 0) is 17.9 Å². The van der Waals surface area contributed by atoms with Gasteiger partial charge >= 0.3 is 0 Å². The number of hydrogen-bond acceptors (Lipinski definition) is 1. The van der Waals surface area contributed by atoms with E-state index >= 15 is 0 Å². The average Bonchev–Trinajstić information content (AvgIpc) is 2.48. The molecule has 2 heteroatoms. The van der Waals surface area contributed by atoms with Crippen molar-refractivity contribution in [1.82, 2.24) is 4.90 Å². The fraction of sp³-hybridized carbons (Fsp3) is 0.278. The Hall–Kier alpha value is -2.09. The van der Waals surface area contributed by atoms with Crippen molar-refractivity contribution >= 4 is 5.91 Å². The Kier molecular flexibility index (Phi) is 4.94. The summed E-state index contributed by atoms with van der Waals surface area (Å²) in [5.41, 5.74) is 2.33. The third-order valence-electron chi connectivity index (χ3n) is 3.24. The van der Waals surface area contributed by atoms with Gasteiger partial charge in [0.05, 0.1) is 0 Å². The molecule has 0 aliphatic carbocycles. The van der Waals surface area contributed by atoms with E-state index in [1.807, 2.05) is 55.1 Å². The van der Waals surface area contributed by atoms with Crippen molar-refractivity contribution in [1.29, 1.82) is 0 Å². The minimum atomic E-state index is 0.0161. The standard InChI is InChI=1S/C18H21NO/c1-15(2)18(20)19(13-16-9-5-3-6-10-16)14-17-11-7-4-8-12-17/h3-12,15H,13-14H2,1-2H3. The van der Waals surface area contributed by atoms with Gasteiger partial charge in [0.25, 0.3) is 0 Å². The van der Waals surface area contributed by atoms with Crippen LogP contribution < -0.4 is 0 Å². The normalized spacial score (nSPS) is 10.6. The van der Waals surface area contributed by atoms with E-state index < -0.39 is 0 Å². The fourth-order valence-electron chi connectivity index (χ4n) is 2.18. The molecule has 0 heterocycles. The first-order chi connectivity index (χ1) is 9.66. The lowest BCUT2D eigenvalue weighted by atomic mass is 10.1. The molecule has 104 valence electrons. The Bertz CT molecular complexity index is 492. The van der Waals surface area contributed by atoms with E-state index in [-0.39, 0.29) is 11.8 Å². The minimum Gasteiger partial charge on any atom is -0.334 e. The first kappa shape index (κ1) is 14.3. The van der Waals surface area contributed by atoms with E-state index in [1.165, 1.54) is 0 Å². The molecule has 2 rings (SSSR count). The van der Waals surface area contributed by atoms with Gasteiger partial charge in [0, 0.05) is 19.0 Å². The third kappa shape index (κ3) is 3.95. The molecule has 2 aromatic carbocycles. The summed E-state index contributed by atoms with van der Waals surface area (Å²) >= 11 is 0. The molecule has 0 saturated carbocycles. The molecule has 1 amide bonds. The predicted octanol–water partition coefficient (Wildman–Crippen LogP) is 3.87. The fourth-order valence-corrected chi connectivity index (χ4v) is 2.18. The van der Waals surface area contributed by atoms with Crippen LogP contribution in [0.1, 0.15) is 25.0 Å². The van der Waals surface area contributed by atoms with E-state index in [4.69, 9.17) is 0 Å². The quantitative estimate of drug-likeness (QED) is 0.805. The second-order valence-corrected chi connectivity index (χ2v) is 5.32. The molecule has 0 bridgehead atoms. The van der Waals surface area contributed by atoms with Gasteiger partial charge in [-0.3, -0.25) is 4.79 Å². The maximum atomic E-state index is 12.4. The van der Waals surface area contributed by atoms with Crippen LogP contribution in [0.2, 0.25) is 0 Å². The Morgan fingerprint density at radius 1 is 0.850 bits per heavy atom. The summed E-state index contributed by atoms with van der Waals surface area (Å²) in [6.45, 7) is 5.22. The van der Waals surface area contributed by atoms with Crippen molar-refractivity contribution in [2.24, 2.45) is 5.92 Å². The lowest BCUT2D eigenvalue weighted by molar-refractivity contribution is -0.135. The minimum absolute atomic E-state index is 0.0161. The highest BCUT2D eigenvalue weighted by Gasteiger charge is 2.17. The Morgan fingerprint density at radius 3 is 1.60 bits per heavy atom. The second-order valence-electron chi connectivity index (χ2n) is 5.32. The van der Waals surface area contributed by atoms with Crippen LogP contribution in [0.5, 0.6) is 0 Å². The molecule has 0 aromatic heterocycles. The van der Waals surface area contributed by atoms with Crippen molar-refractivity contribution in [2.75, 3.05) is 0 Å². The highest BCUT2D eigenvalue weighted by Crippen LogP contribution is 2.13. The van der Waals surface area contributed by atoms with Crippen molar-refractivity contribution in [3.63, 3.8) is 0 Å². The van der Waals surface area contributed by atoms with Gasteiger partial charge in [-0.15, -0.1) is 0 Å². The molecular weight excluding hydrogens is 246 g/mol. The zero-order valence-corrected chi connectivity index (χ0v) is 12.1. The van der Waals surface area contributed by atoms with Crippen LogP contribution >= 0.6 is 0 Å². The molecule has 0 atom stereocenters. The van der Waals surface area contributed by atoms with Gasteiger partial charge in [0.2, 0.25) is 5.91 Å². The number of hydrogen-bond donors (Lipinski definition) is 0. The average molecular weight is 267 g/mol. The number of benzene rings is 2. The highest BCUT2D eigenvalue weighted by molar-refractivity contribution is 5.78. The number of nitrogens with zero attached hydrogens (tertiary/aromatic N) is 1. The molecule has 0 saturated heterocycles. The summed E-state index contributed by atoms with van der Waals surface area (Å²) in [4.78, 5) is 14.3. The predicted molar refractivity (Wildman–Crippen MR) is 82.0 cm³/mol. The summed E-state index contributed by atoms with van der Waals surface area (Å²) in [6.07, 6.45) is 0. The molecule has 0 unspecified atom stereocenters.